The SMILES string of the molecule is CCCCCN(C(=O)CNC(=O)OC(C)(C)C)C(C(=O)Nc1c(C)cccc1C)c1ccccc1. The summed E-state index contributed by atoms with van der Waals surface area (Å²) in [5.74, 6) is -0.645. The molecule has 2 aromatic carbocycles. The molecule has 2 rings (SSSR count). The minimum absolute atomic E-state index is 0.263. The van der Waals surface area contributed by atoms with Crippen molar-refractivity contribution in [3.8, 4) is 0 Å². The summed E-state index contributed by atoms with van der Waals surface area (Å²) in [5.41, 5.74) is 2.66. The van der Waals surface area contributed by atoms with Crippen LogP contribution in [0.2, 0.25) is 0 Å². The average molecular weight is 482 g/mol. The van der Waals surface area contributed by atoms with Crippen molar-refractivity contribution in [1.29, 1.82) is 0 Å². The number of aryl methyl sites for hydroxylation is 2. The molecular weight excluding hydrogens is 442 g/mol. The number of amides is 3. The van der Waals surface area contributed by atoms with Gasteiger partial charge >= 0.3 is 6.09 Å². The molecule has 3 amide bonds. The molecule has 0 bridgehead atoms. The third-order valence-corrected chi connectivity index (χ3v) is 5.51. The fraction of sp³-hybridized carbons (Fsp3) is 0.464. The Kier molecular flexibility index (Phi) is 10.3. The number of nitrogens with zero attached hydrogens (tertiary/aromatic N) is 1. The molecule has 0 aromatic heterocycles. The zero-order valence-corrected chi connectivity index (χ0v) is 21.8. The van der Waals surface area contributed by atoms with Gasteiger partial charge in [0.25, 0.3) is 5.91 Å². The van der Waals surface area contributed by atoms with E-state index in [0.29, 0.717) is 12.1 Å². The van der Waals surface area contributed by atoms with Gasteiger partial charge in [-0.25, -0.2) is 4.79 Å². The molecule has 35 heavy (non-hydrogen) atoms. The number of carbonyl (C=O) groups excluding carboxylic acids is 3. The van der Waals surface area contributed by atoms with Crippen LogP contribution in [0, 0.1) is 13.8 Å². The van der Waals surface area contributed by atoms with Crippen LogP contribution in [0.25, 0.3) is 0 Å². The summed E-state index contributed by atoms with van der Waals surface area (Å²) in [4.78, 5) is 40.8. The number of unbranched alkanes of at least 4 members (excludes halogenated alkanes) is 2. The number of benzene rings is 2. The molecule has 0 fully saturated rings. The maximum absolute atomic E-state index is 13.7. The number of anilines is 1. The molecule has 1 unspecified atom stereocenters. The summed E-state index contributed by atoms with van der Waals surface area (Å²) in [6.07, 6.45) is 1.97. The van der Waals surface area contributed by atoms with Gasteiger partial charge in [0.15, 0.2) is 0 Å². The first-order valence-corrected chi connectivity index (χ1v) is 12.2. The molecular formula is C28H39N3O4. The van der Waals surface area contributed by atoms with Crippen LogP contribution in [0.1, 0.15) is 69.7 Å². The third-order valence-electron chi connectivity index (χ3n) is 5.51. The summed E-state index contributed by atoms with van der Waals surface area (Å²) in [6.45, 7) is 11.4. The second-order valence-corrected chi connectivity index (χ2v) is 9.72. The lowest BCUT2D eigenvalue weighted by Gasteiger charge is -2.32. The minimum Gasteiger partial charge on any atom is -0.444 e. The quantitative estimate of drug-likeness (QED) is 0.437. The molecule has 0 heterocycles. The van der Waals surface area contributed by atoms with Crippen LogP contribution in [0.15, 0.2) is 48.5 Å². The van der Waals surface area contributed by atoms with Crippen molar-refractivity contribution in [2.24, 2.45) is 0 Å². The van der Waals surface area contributed by atoms with Gasteiger partial charge in [0.2, 0.25) is 5.91 Å². The molecule has 0 saturated carbocycles. The first kappa shape index (κ1) is 27.9. The summed E-state index contributed by atoms with van der Waals surface area (Å²) >= 11 is 0. The lowest BCUT2D eigenvalue weighted by Crippen LogP contribution is -2.47. The monoisotopic (exact) mass is 481 g/mol. The van der Waals surface area contributed by atoms with Crippen LogP contribution < -0.4 is 10.6 Å². The number of carbonyl (C=O) groups is 3. The largest absolute Gasteiger partial charge is 0.444 e. The molecule has 0 spiro atoms. The van der Waals surface area contributed by atoms with Crippen molar-refractivity contribution < 1.29 is 19.1 Å². The lowest BCUT2D eigenvalue weighted by atomic mass is 10.0. The van der Waals surface area contributed by atoms with E-state index in [4.69, 9.17) is 4.74 Å². The number of para-hydroxylation sites is 1. The van der Waals surface area contributed by atoms with Gasteiger partial charge in [0.05, 0.1) is 0 Å². The Hall–Kier alpha value is -3.35. The van der Waals surface area contributed by atoms with Crippen molar-refractivity contribution in [2.45, 2.75) is 72.4 Å². The average Bonchev–Trinajstić information content (AvgIpc) is 2.79. The van der Waals surface area contributed by atoms with E-state index in [1.165, 1.54) is 0 Å². The number of alkyl carbamates (subject to hydrolysis) is 1. The summed E-state index contributed by atoms with van der Waals surface area (Å²) in [7, 11) is 0. The van der Waals surface area contributed by atoms with Crippen LogP contribution in [-0.2, 0) is 14.3 Å². The Bertz CT molecular complexity index is 979. The lowest BCUT2D eigenvalue weighted by molar-refractivity contribution is -0.138. The second-order valence-electron chi connectivity index (χ2n) is 9.72. The Labute approximate surface area is 209 Å². The summed E-state index contributed by atoms with van der Waals surface area (Å²) in [5, 5.41) is 5.59. The standard InChI is InChI=1S/C28H39N3O4/c1-7-8-12-18-31(23(32)19-29-27(34)35-28(4,5)6)25(22-16-10-9-11-17-22)26(33)30-24-20(2)14-13-15-21(24)3/h9-11,13-17,25H,7-8,12,18-19H2,1-6H3,(H,29,34)(H,30,33). The number of hydrogen-bond acceptors (Lipinski definition) is 4. The highest BCUT2D eigenvalue weighted by atomic mass is 16.6. The van der Waals surface area contributed by atoms with Crippen LogP contribution in [-0.4, -0.2) is 41.5 Å². The van der Waals surface area contributed by atoms with Gasteiger partial charge in [-0.15, -0.1) is 0 Å². The fourth-order valence-corrected chi connectivity index (χ4v) is 3.80. The Balaban J connectivity index is 2.35. The molecule has 2 aromatic rings. The molecule has 0 radical (unpaired) electrons. The third kappa shape index (κ3) is 8.74. The van der Waals surface area contributed by atoms with Crippen LogP contribution in [0.4, 0.5) is 10.5 Å². The number of ether oxygens (including phenoxy) is 1. The molecule has 7 nitrogen and oxygen atoms in total. The van der Waals surface area contributed by atoms with E-state index in [1.807, 2.05) is 62.4 Å². The summed E-state index contributed by atoms with van der Waals surface area (Å²) in [6, 6.07) is 14.2. The zero-order chi connectivity index (χ0) is 26.0. The molecule has 1 atom stereocenters. The van der Waals surface area contributed by atoms with Gasteiger partial charge in [-0.2, -0.15) is 0 Å². The van der Waals surface area contributed by atoms with E-state index in [0.717, 1.165) is 36.1 Å². The topological polar surface area (TPSA) is 87.7 Å². The van der Waals surface area contributed by atoms with Crippen LogP contribution in [0.3, 0.4) is 0 Å². The van der Waals surface area contributed by atoms with Gasteiger partial charge in [0.1, 0.15) is 18.2 Å². The smallest absolute Gasteiger partial charge is 0.408 e. The Morgan fingerprint density at radius 3 is 2.14 bits per heavy atom. The van der Waals surface area contributed by atoms with Gasteiger partial charge in [-0.3, -0.25) is 9.59 Å². The van der Waals surface area contributed by atoms with E-state index in [1.54, 1.807) is 25.7 Å². The highest BCUT2D eigenvalue weighted by Crippen LogP contribution is 2.26. The van der Waals surface area contributed by atoms with Crippen molar-refractivity contribution in [2.75, 3.05) is 18.4 Å². The van der Waals surface area contributed by atoms with Gasteiger partial charge in [0, 0.05) is 12.2 Å². The van der Waals surface area contributed by atoms with E-state index in [-0.39, 0.29) is 18.4 Å². The van der Waals surface area contributed by atoms with E-state index in [2.05, 4.69) is 17.6 Å². The van der Waals surface area contributed by atoms with Gasteiger partial charge in [-0.05, 0) is 57.7 Å². The minimum atomic E-state index is -0.847. The predicted molar refractivity (Wildman–Crippen MR) is 139 cm³/mol. The summed E-state index contributed by atoms with van der Waals surface area (Å²) < 4.78 is 5.26. The predicted octanol–water partition coefficient (Wildman–Crippen LogP) is 5.53. The first-order chi connectivity index (χ1) is 16.5. The van der Waals surface area contributed by atoms with Crippen LogP contribution in [0.5, 0.6) is 0 Å². The van der Waals surface area contributed by atoms with E-state index >= 15 is 0 Å². The highest BCUT2D eigenvalue weighted by molar-refractivity contribution is 5.99. The van der Waals surface area contributed by atoms with E-state index in [9.17, 15) is 14.4 Å². The van der Waals surface area contributed by atoms with Gasteiger partial charge in [-0.1, -0.05) is 68.3 Å². The molecule has 2 N–H and O–H groups in total. The Morgan fingerprint density at radius 2 is 1.57 bits per heavy atom. The number of rotatable bonds is 10. The number of hydrogen-bond donors (Lipinski definition) is 2. The Morgan fingerprint density at radius 1 is 0.943 bits per heavy atom. The molecule has 0 saturated heterocycles. The highest BCUT2D eigenvalue weighted by Gasteiger charge is 2.32. The second kappa shape index (κ2) is 12.9. The van der Waals surface area contributed by atoms with Crippen LogP contribution >= 0.6 is 0 Å². The van der Waals surface area contributed by atoms with E-state index < -0.39 is 17.7 Å². The zero-order valence-electron chi connectivity index (χ0n) is 21.8. The normalized spacial score (nSPS) is 11.9. The van der Waals surface area contributed by atoms with Gasteiger partial charge < -0.3 is 20.3 Å². The molecule has 7 heteroatoms. The molecule has 190 valence electrons. The molecule has 0 aliphatic rings. The maximum atomic E-state index is 13.7. The first-order valence-electron chi connectivity index (χ1n) is 12.2. The van der Waals surface area contributed by atoms with Crippen molar-refractivity contribution in [1.82, 2.24) is 10.2 Å². The maximum Gasteiger partial charge on any atom is 0.408 e. The van der Waals surface area contributed by atoms with Crippen molar-refractivity contribution in [3.05, 3.63) is 65.2 Å². The van der Waals surface area contributed by atoms with Crippen molar-refractivity contribution >= 4 is 23.6 Å². The molecule has 0 aliphatic carbocycles. The van der Waals surface area contributed by atoms with Crippen molar-refractivity contribution in [3.63, 3.8) is 0 Å². The number of nitrogens with one attached hydrogen (secondary N) is 2. The molecule has 0 aliphatic heterocycles. The fourth-order valence-electron chi connectivity index (χ4n) is 3.80.